The summed E-state index contributed by atoms with van der Waals surface area (Å²) in [7, 11) is 0. The van der Waals surface area contributed by atoms with Crippen molar-refractivity contribution in [3.8, 4) is 0 Å². The van der Waals surface area contributed by atoms with Gasteiger partial charge in [-0.15, -0.1) is 0 Å². The largest absolute Gasteiger partial charge is 0.383 e. The first-order valence-corrected chi connectivity index (χ1v) is 5.80. The van der Waals surface area contributed by atoms with Crippen LogP contribution in [0.25, 0.3) is 0 Å². The minimum Gasteiger partial charge on any atom is -0.383 e. The number of hydrogen-bond donors (Lipinski definition) is 2. The minimum absolute atomic E-state index is 0.610. The second-order valence-electron chi connectivity index (χ2n) is 3.59. The zero-order chi connectivity index (χ0) is 9.80. The highest BCUT2D eigenvalue weighted by Crippen LogP contribution is 2.17. The predicted molar refractivity (Wildman–Crippen MR) is 60.7 cm³/mol. The Morgan fingerprint density at radius 2 is 2.29 bits per heavy atom. The van der Waals surface area contributed by atoms with Gasteiger partial charge >= 0.3 is 0 Å². The Morgan fingerprint density at radius 3 is 2.93 bits per heavy atom. The number of aromatic nitrogens is 1. The summed E-state index contributed by atoms with van der Waals surface area (Å²) in [5.74, 6) is 0.610. The van der Waals surface area contributed by atoms with E-state index in [0.717, 1.165) is 18.1 Å². The molecule has 0 radical (unpaired) electrons. The lowest BCUT2D eigenvalue weighted by molar-refractivity contribution is 0.353. The van der Waals surface area contributed by atoms with E-state index in [0.29, 0.717) is 5.82 Å². The highest BCUT2D eigenvalue weighted by Gasteiger charge is 2.10. The Labute approximate surface area is 88.3 Å². The molecule has 1 fully saturated rings. The monoisotopic (exact) mass is 212 g/mol. The average molecular weight is 212 g/mol. The van der Waals surface area contributed by atoms with Crippen LogP contribution in [0.3, 0.4) is 0 Å². The smallest absolute Gasteiger partial charge is 0.139 e. The lowest BCUT2D eigenvalue weighted by Crippen LogP contribution is -2.25. The molecule has 2 rings (SSSR count). The molecule has 3 N–H and O–H groups in total. The molecule has 5 heteroatoms. The van der Waals surface area contributed by atoms with Gasteiger partial charge in [0.1, 0.15) is 10.8 Å². The first-order valence-electron chi connectivity index (χ1n) is 5.03. The molecule has 0 bridgehead atoms. The molecule has 0 amide bonds. The Kier molecular flexibility index (Phi) is 3.21. The van der Waals surface area contributed by atoms with E-state index in [4.69, 9.17) is 5.73 Å². The van der Waals surface area contributed by atoms with Gasteiger partial charge in [0.05, 0.1) is 0 Å². The predicted octanol–water partition coefficient (Wildman–Crippen LogP) is 1.23. The van der Waals surface area contributed by atoms with Crippen molar-refractivity contribution in [3.63, 3.8) is 0 Å². The third-order valence-electron chi connectivity index (χ3n) is 2.45. The number of nitrogens with two attached hydrogens (primary N) is 1. The van der Waals surface area contributed by atoms with Gasteiger partial charge in [0, 0.05) is 19.2 Å². The zero-order valence-electron chi connectivity index (χ0n) is 8.20. The van der Waals surface area contributed by atoms with Crippen molar-refractivity contribution in [1.82, 2.24) is 9.27 Å². The average Bonchev–Trinajstić information content (AvgIpc) is 2.77. The van der Waals surface area contributed by atoms with Crippen LogP contribution < -0.4 is 11.1 Å². The van der Waals surface area contributed by atoms with Crippen LogP contribution in [0.4, 0.5) is 10.8 Å². The molecular formula is C9H16N4S. The molecule has 0 atom stereocenters. The first kappa shape index (κ1) is 9.73. The highest BCUT2D eigenvalue weighted by atomic mass is 32.1. The topological polar surface area (TPSA) is 54.2 Å². The molecule has 4 nitrogen and oxygen atoms in total. The lowest BCUT2D eigenvalue weighted by atomic mass is 10.4. The van der Waals surface area contributed by atoms with Crippen LogP contribution in [0.5, 0.6) is 0 Å². The van der Waals surface area contributed by atoms with E-state index in [-0.39, 0.29) is 0 Å². The van der Waals surface area contributed by atoms with E-state index in [1.165, 1.54) is 37.5 Å². The maximum atomic E-state index is 5.52. The van der Waals surface area contributed by atoms with Gasteiger partial charge < -0.3 is 16.0 Å². The summed E-state index contributed by atoms with van der Waals surface area (Å²) in [6.45, 7) is 4.62. The second kappa shape index (κ2) is 4.61. The molecule has 78 valence electrons. The van der Waals surface area contributed by atoms with Crippen LogP contribution in [-0.2, 0) is 0 Å². The van der Waals surface area contributed by atoms with Crippen molar-refractivity contribution in [3.05, 3.63) is 6.07 Å². The Balaban J connectivity index is 1.67. The fourth-order valence-electron chi connectivity index (χ4n) is 1.72. The van der Waals surface area contributed by atoms with Crippen molar-refractivity contribution in [2.75, 3.05) is 37.2 Å². The molecule has 2 heterocycles. The third-order valence-corrected chi connectivity index (χ3v) is 3.22. The van der Waals surface area contributed by atoms with Gasteiger partial charge in [-0.25, -0.2) is 0 Å². The Bertz CT molecular complexity index is 280. The van der Waals surface area contributed by atoms with Crippen LogP contribution in [0, 0.1) is 0 Å². The van der Waals surface area contributed by atoms with E-state index in [9.17, 15) is 0 Å². The maximum absolute atomic E-state index is 5.52. The fourth-order valence-corrected chi connectivity index (χ4v) is 2.31. The molecule has 1 aliphatic heterocycles. The molecule has 0 spiro atoms. The summed E-state index contributed by atoms with van der Waals surface area (Å²) in [5, 5.41) is 4.40. The molecule has 0 saturated carbocycles. The molecule has 14 heavy (non-hydrogen) atoms. The molecule has 1 saturated heterocycles. The number of hydrogen-bond acceptors (Lipinski definition) is 5. The van der Waals surface area contributed by atoms with Gasteiger partial charge in [-0.3, -0.25) is 0 Å². The SMILES string of the molecule is Nc1cc(NCCN2CCCC2)sn1. The molecular weight excluding hydrogens is 196 g/mol. The Hall–Kier alpha value is -0.810. The van der Waals surface area contributed by atoms with Gasteiger partial charge in [-0.1, -0.05) is 0 Å². The van der Waals surface area contributed by atoms with E-state index < -0.39 is 0 Å². The van der Waals surface area contributed by atoms with Crippen molar-refractivity contribution < 1.29 is 0 Å². The summed E-state index contributed by atoms with van der Waals surface area (Å²) >= 11 is 1.43. The molecule has 1 aromatic heterocycles. The van der Waals surface area contributed by atoms with Crippen LogP contribution >= 0.6 is 11.5 Å². The van der Waals surface area contributed by atoms with Crippen LogP contribution in [0.15, 0.2) is 6.07 Å². The summed E-state index contributed by atoms with van der Waals surface area (Å²) < 4.78 is 4.01. The molecule has 0 unspecified atom stereocenters. The van der Waals surface area contributed by atoms with E-state index in [1.807, 2.05) is 6.07 Å². The number of rotatable bonds is 4. The second-order valence-corrected chi connectivity index (χ2v) is 4.40. The van der Waals surface area contributed by atoms with Crippen molar-refractivity contribution in [2.24, 2.45) is 0 Å². The summed E-state index contributed by atoms with van der Waals surface area (Å²) in [5.41, 5.74) is 5.52. The van der Waals surface area contributed by atoms with Gasteiger partial charge in [0.2, 0.25) is 0 Å². The van der Waals surface area contributed by atoms with Crippen LogP contribution in [0.1, 0.15) is 12.8 Å². The number of nitrogens with zero attached hydrogens (tertiary/aromatic N) is 2. The lowest BCUT2D eigenvalue weighted by Gasteiger charge is -2.14. The number of nitrogens with one attached hydrogen (secondary N) is 1. The number of likely N-dealkylation sites (tertiary alicyclic amines) is 1. The van der Waals surface area contributed by atoms with Crippen molar-refractivity contribution in [2.45, 2.75) is 12.8 Å². The van der Waals surface area contributed by atoms with Gasteiger partial charge in [-0.05, 0) is 37.5 Å². The maximum Gasteiger partial charge on any atom is 0.139 e. The summed E-state index contributed by atoms with van der Waals surface area (Å²) in [6.07, 6.45) is 2.71. The van der Waals surface area contributed by atoms with Crippen LogP contribution in [0.2, 0.25) is 0 Å². The van der Waals surface area contributed by atoms with E-state index >= 15 is 0 Å². The summed E-state index contributed by atoms with van der Waals surface area (Å²) in [6, 6.07) is 1.88. The van der Waals surface area contributed by atoms with Gasteiger partial charge in [-0.2, -0.15) is 4.37 Å². The number of nitrogen functional groups attached to an aromatic ring is 1. The normalized spacial score (nSPS) is 17.4. The summed E-state index contributed by atoms with van der Waals surface area (Å²) in [4.78, 5) is 2.48. The standard InChI is InChI=1S/C9H16N4S/c10-8-7-9(14-12-8)11-3-6-13-4-1-2-5-13/h7,11H,1-6H2,(H2,10,12). The van der Waals surface area contributed by atoms with Gasteiger partial charge in [0.25, 0.3) is 0 Å². The van der Waals surface area contributed by atoms with Gasteiger partial charge in [0.15, 0.2) is 0 Å². The Morgan fingerprint density at radius 1 is 1.50 bits per heavy atom. The molecule has 1 aromatic rings. The third kappa shape index (κ3) is 2.59. The van der Waals surface area contributed by atoms with E-state index in [2.05, 4.69) is 14.6 Å². The minimum atomic E-state index is 0.610. The molecule has 0 aliphatic carbocycles. The molecule has 1 aliphatic rings. The highest BCUT2D eigenvalue weighted by molar-refractivity contribution is 7.10. The van der Waals surface area contributed by atoms with E-state index in [1.54, 1.807) is 0 Å². The van der Waals surface area contributed by atoms with Crippen molar-refractivity contribution >= 4 is 22.4 Å². The van der Waals surface area contributed by atoms with Crippen LogP contribution in [-0.4, -0.2) is 35.5 Å². The fraction of sp³-hybridized carbons (Fsp3) is 0.667. The zero-order valence-corrected chi connectivity index (χ0v) is 9.02. The first-order chi connectivity index (χ1) is 6.84. The van der Waals surface area contributed by atoms with Crippen molar-refractivity contribution in [1.29, 1.82) is 0 Å². The quantitative estimate of drug-likeness (QED) is 0.788. The molecule has 0 aromatic carbocycles. The number of anilines is 2.